The van der Waals surface area contributed by atoms with Crippen LogP contribution in [-0.2, 0) is 6.42 Å². The predicted octanol–water partition coefficient (Wildman–Crippen LogP) is 8.83. The van der Waals surface area contributed by atoms with E-state index in [2.05, 4.69) is 107 Å². The van der Waals surface area contributed by atoms with Crippen LogP contribution >= 0.6 is 27.3 Å². The first-order chi connectivity index (χ1) is 14.3. The average Bonchev–Trinajstić information content (AvgIpc) is 3.16. The summed E-state index contributed by atoms with van der Waals surface area (Å²) in [6, 6.07) is 28.1. The van der Waals surface area contributed by atoms with Gasteiger partial charge in [-0.25, -0.2) is 0 Å². The molecule has 0 fully saturated rings. The third-order valence-electron chi connectivity index (χ3n) is 5.68. The van der Waals surface area contributed by atoms with Crippen LogP contribution in [0.4, 0.5) is 17.1 Å². The average molecular weight is 460 g/mol. The lowest BCUT2D eigenvalue weighted by Crippen LogP contribution is -2.09. The quantitative estimate of drug-likeness (QED) is 0.294. The lowest BCUT2D eigenvalue weighted by atomic mass is 9.94. The number of allylic oxidation sites excluding steroid dienone is 1. The molecule has 0 unspecified atom stereocenters. The molecule has 0 saturated carbocycles. The smallest absolute Gasteiger partial charge is 0.0640 e. The first-order valence-corrected chi connectivity index (χ1v) is 11.7. The van der Waals surface area contributed by atoms with E-state index in [1.54, 1.807) is 0 Å². The molecule has 0 radical (unpaired) electrons. The maximum absolute atomic E-state index is 3.92. The Hall–Kier alpha value is -2.36. The standard InChI is InChI=1S/C26H22BrNS/c1-2-18-16-17-22-21-14-9-15-23(25(21)29-26(22)24(18)27)28(19-10-5-3-6-11-19)20-12-7-4-8-13-20/h3-15H,2,16-17H2,1H3. The number of para-hydroxylation sites is 2. The molecule has 1 nitrogen and oxygen atoms in total. The van der Waals surface area contributed by atoms with Crippen molar-refractivity contribution in [2.75, 3.05) is 4.90 Å². The molecule has 1 heterocycles. The summed E-state index contributed by atoms with van der Waals surface area (Å²) < 4.78 is 2.68. The fourth-order valence-electron chi connectivity index (χ4n) is 4.22. The minimum absolute atomic E-state index is 1.11. The van der Waals surface area contributed by atoms with Crippen LogP contribution in [-0.4, -0.2) is 0 Å². The fraction of sp³-hybridized carbons (Fsp3) is 0.154. The summed E-state index contributed by atoms with van der Waals surface area (Å²) >= 11 is 5.84. The Morgan fingerprint density at radius 1 is 0.828 bits per heavy atom. The monoisotopic (exact) mass is 459 g/mol. The van der Waals surface area contributed by atoms with Gasteiger partial charge in [0.15, 0.2) is 0 Å². The Kier molecular flexibility index (Phi) is 5.03. The van der Waals surface area contributed by atoms with Gasteiger partial charge in [0.05, 0.1) is 10.4 Å². The molecule has 0 spiro atoms. The molecule has 1 aliphatic carbocycles. The van der Waals surface area contributed by atoms with Gasteiger partial charge in [-0.3, -0.25) is 0 Å². The zero-order valence-electron chi connectivity index (χ0n) is 16.4. The Balaban J connectivity index is 1.76. The van der Waals surface area contributed by atoms with Crippen LogP contribution in [0.25, 0.3) is 14.6 Å². The van der Waals surface area contributed by atoms with E-state index >= 15 is 0 Å². The third-order valence-corrected chi connectivity index (χ3v) is 8.19. The van der Waals surface area contributed by atoms with Crippen molar-refractivity contribution in [1.82, 2.24) is 0 Å². The Morgan fingerprint density at radius 3 is 2.10 bits per heavy atom. The SMILES string of the molecule is CCC1=C(Br)c2sc3c(N(c4ccccc4)c4ccccc4)cccc3c2CC1. The molecule has 0 N–H and O–H groups in total. The lowest BCUT2D eigenvalue weighted by molar-refractivity contribution is 0.884. The minimum Gasteiger partial charge on any atom is -0.309 e. The number of hydrogen-bond donors (Lipinski definition) is 0. The van der Waals surface area contributed by atoms with Gasteiger partial charge in [0.1, 0.15) is 0 Å². The molecule has 0 bridgehead atoms. The van der Waals surface area contributed by atoms with Gasteiger partial charge in [-0.05, 0) is 76.5 Å². The number of anilines is 3. The van der Waals surface area contributed by atoms with Crippen LogP contribution in [0.3, 0.4) is 0 Å². The number of hydrogen-bond acceptors (Lipinski definition) is 2. The van der Waals surface area contributed by atoms with E-state index in [-0.39, 0.29) is 0 Å². The van der Waals surface area contributed by atoms with Gasteiger partial charge in [0.2, 0.25) is 0 Å². The van der Waals surface area contributed by atoms with E-state index in [1.165, 1.54) is 47.6 Å². The first-order valence-electron chi connectivity index (χ1n) is 10.1. The van der Waals surface area contributed by atoms with E-state index in [9.17, 15) is 0 Å². The second-order valence-corrected chi connectivity index (χ2v) is 9.15. The number of nitrogens with zero attached hydrogens (tertiary/aromatic N) is 1. The minimum atomic E-state index is 1.11. The number of thiophene rings is 1. The number of fused-ring (bicyclic) bond motifs is 3. The van der Waals surface area contributed by atoms with Crippen molar-refractivity contribution in [3.05, 3.63) is 94.9 Å². The molecule has 29 heavy (non-hydrogen) atoms. The van der Waals surface area contributed by atoms with Gasteiger partial charge in [0.25, 0.3) is 0 Å². The summed E-state index contributed by atoms with van der Waals surface area (Å²) in [5.41, 5.74) is 6.64. The Bertz CT molecular complexity index is 1150. The predicted molar refractivity (Wildman–Crippen MR) is 131 cm³/mol. The van der Waals surface area contributed by atoms with Gasteiger partial charge in [-0.15, -0.1) is 11.3 Å². The molecule has 0 aliphatic heterocycles. The van der Waals surface area contributed by atoms with Crippen LogP contribution in [0, 0.1) is 0 Å². The van der Waals surface area contributed by atoms with Crippen molar-refractivity contribution in [3.63, 3.8) is 0 Å². The van der Waals surface area contributed by atoms with Crippen LogP contribution in [0.15, 0.2) is 84.4 Å². The number of halogens is 1. The molecule has 1 aromatic heterocycles. The van der Waals surface area contributed by atoms with Crippen molar-refractivity contribution in [1.29, 1.82) is 0 Å². The van der Waals surface area contributed by atoms with E-state index in [0.29, 0.717) is 0 Å². The molecule has 144 valence electrons. The molecular weight excluding hydrogens is 438 g/mol. The Labute approximate surface area is 184 Å². The number of aryl methyl sites for hydroxylation is 1. The van der Waals surface area contributed by atoms with Crippen LogP contribution < -0.4 is 4.90 Å². The van der Waals surface area contributed by atoms with Crippen molar-refractivity contribution < 1.29 is 0 Å². The maximum atomic E-state index is 3.92. The molecule has 0 atom stereocenters. The van der Waals surface area contributed by atoms with Gasteiger partial charge < -0.3 is 4.90 Å². The third kappa shape index (κ3) is 3.23. The summed E-state index contributed by atoms with van der Waals surface area (Å²) in [7, 11) is 0. The normalized spacial score (nSPS) is 13.6. The van der Waals surface area contributed by atoms with Crippen molar-refractivity contribution >= 4 is 58.9 Å². The highest BCUT2D eigenvalue weighted by molar-refractivity contribution is 9.15. The molecule has 3 aromatic carbocycles. The van der Waals surface area contributed by atoms with Crippen molar-refractivity contribution in [2.24, 2.45) is 0 Å². The summed E-state index contributed by atoms with van der Waals surface area (Å²) in [6.45, 7) is 2.26. The molecule has 5 rings (SSSR count). The van der Waals surface area contributed by atoms with Crippen LogP contribution in [0.1, 0.15) is 30.2 Å². The van der Waals surface area contributed by atoms with E-state index in [0.717, 1.165) is 19.3 Å². The Morgan fingerprint density at radius 2 is 1.48 bits per heavy atom. The van der Waals surface area contributed by atoms with Gasteiger partial charge in [-0.1, -0.05) is 61.0 Å². The number of benzene rings is 3. The van der Waals surface area contributed by atoms with Gasteiger partial charge in [0, 0.05) is 20.7 Å². The maximum Gasteiger partial charge on any atom is 0.0640 e. The molecule has 0 saturated heterocycles. The summed E-state index contributed by atoms with van der Waals surface area (Å²) in [5, 5.41) is 1.39. The largest absolute Gasteiger partial charge is 0.309 e. The topological polar surface area (TPSA) is 3.24 Å². The van der Waals surface area contributed by atoms with E-state index in [4.69, 9.17) is 0 Å². The highest BCUT2D eigenvalue weighted by Gasteiger charge is 2.24. The second kappa shape index (κ2) is 7.81. The van der Waals surface area contributed by atoms with E-state index in [1.807, 2.05) is 11.3 Å². The van der Waals surface area contributed by atoms with E-state index < -0.39 is 0 Å². The second-order valence-electron chi connectivity index (χ2n) is 7.34. The molecule has 1 aliphatic rings. The highest BCUT2D eigenvalue weighted by Crippen LogP contribution is 2.49. The zero-order valence-corrected chi connectivity index (χ0v) is 18.8. The fourth-order valence-corrected chi connectivity index (χ4v) is 6.52. The molecule has 4 aromatic rings. The molecular formula is C26H22BrNS. The molecule has 0 amide bonds. The number of rotatable bonds is 4. The highest BCUT2D eigenvalue weighted by atomic mass is 79.9. The van der Waals surface area contributed by atoms with Crippen molar-refractivity contribution in [2.45, 2.75) is 26.2 Å². The van der Waals surface area contributed by atoms with Gasteiger partial charge >= 0.3 is 0 Å². The van der Waals surface area contributed by atoms with Crippen LogP contribution in [0.2, 0.25) is 0 Å². The summed E-state index contributed by atoms with van der Waals surface area (Å²) in [5.74, 6) is 0. The molecule has 3 heteroatoms. The lowest BCUT2D eigenvalue weighted by Gasteiger charge is -2.26. The van der Waals surface area contributed by atoms with Crippen LogP contribution in [0.5, 0.6) is 0 Å². The zero-order chi connectivity index (χ0) is 19.8. The van der Waals surface area contributed by atoms with Gasteiger partial charge in [-0.2, -0.15) is 0 Å². The summed E-state index contributed by atoms with van der Waals surface area (Å²) in [4.78, 5) is 3.79. The first kappa shape index (κ1) is 18.7. The van der Waals surface area contributed by atoms with Crippen molar-refractivity contribution in [3.8, 4) is 0 Å². The summed E-state index contributed by atoms with van der Waals surface area (Å²) in [6.07, 6.45) is 3.40.